The molecule has 2 saturated heterocycles. The lowest BCUT2D eigenvalue weighted by atomic mass is 9.74. The number of nitrogens with one attached hydrogen (secondary N) is 1. The summed E-state index contributed by atoms with van der Waals surface area (Å²) in [6, 6.07) is 2.00. The molecule has 118 valence electrons. The first kappa shape index (κ1) is 14.1. The van der Waals surface area contributed by atoms with Gasteiger partial charge in [0.15, 0.2) is 0 Å². The van der Waals surface area contributed by atoms with E-state index in [1.54, 1.807) is 6.33 Å². The lowest BCUT2D eigenvalue weighted by Crippen LogP contribution is -2.69. The van der Waals surface area contributed by atoms with Gasteiger partial charge in [-0.3, -0.25) is 4.79 Å². The highest BCUT2D eigenvalue weighted by Crippen LogP contribution is 2.45. The number of aromatic amines is 1. The smallest absolute Gasteiger partial charge is 0.235 e. The van der Waals surface area contributed by atoms with Crippen molar-refractivity contribution in [3.63, 3.8) is 0 Å². The van der Waals surface area contributed by atoms with Crippen LogP contribution in [0.4, 0.5) is 5.82 Å². The number of fused-ring (bicyclic) bond motifs is 1. The number of rotatable bonds is 2. The van der Waals surface area contributed by atoms with Crippen LogP contribution >= 0.6 is 0 Å². The van der Waals surface area contributed by atoms with Crippen molar-refractivity contribution in [2.24, 2.45) is 5.92 Å². The van der Waals surface area contributed by atoms with Crippen LogP contribution in [0.25, 0.3) is 11.0 Å². The zero-order valence-electron chi connectivity index (χ0n) is 13.1. The van der Waals surface area contributed by atoms with Crippen LogP contribution in [-0.2, 0) is 4.79 Å². The Bertz CT molecular complexity index is 807. The number of aromatic nitrogens is 3. The van der Waals surface area contributed by atoms with Gasteiger partial charge < -0.3 is 14.8 Å². The van der Waals surface area contributed by atoms with Crippen molar-refractivity contribution in [2.75, 3.05) is 24.5 Å². The standard InChI is InChI=1S/C17H19N5O/c1-3-4-14(23)22-9-12(2)17(22)6-8-21(10-17)16-13-5-7-18-15(13)19-11-20-16/h1,5,7,11-12H,4,6,8-10H2,2H3,(H,18,19,20)/t12-,17+/m0/s1. The molecule has 2 fully saturated rings. The number of carbonyl (C=O) groups is 1. The monoisotopic (exact) mass is 309 g/mol. The molecule has 0 unspecified atom stereocenters. The predicted molar refractivity (Wildman–Crippen MR) is 87.8 cm³/mol. The van der Waals surface area contributed by atoms with Crippen molar-refractivity contribution in [3.8, 4) is 12.3 Å². The molecule has 2 aliphatic rings. The summed E-state index contributed by atoms with van der Waals surface area (Å²) in [5.74, 6) is 3.97. The molecular weight excluding hydrogens is 290 g/mol. The molecule has 4 heterocycles. The molecule has 6 nitrogen and oxygen atoms in total. The molecule has 2 atom stereocenters. The fourth-order valence-electron chi connectivity index (χ4n) is 4.04. The number of anilines is 1. The third kappa shape index (κ3) is 1.93. The van der Waals surface area contributed by atoms with E-state index in [-0.39, 0.29) is 17.9 Å². The minimum Gasteiger partial charge on any atom is -0.353 e. The third-order valence-electron chi connectivity index (χ3n) is 5.38. The minimum absolute atomic E-state index is 0.0712. The molecule has 4 rings (SSSR count). The molecule has 23 heavy (non-hydrogen) atoms. The SMILES string of the molecule is C#CCC(=O)N1C[C@H](C)[C@]12CCN(c1ncnc3[nH]ccc13)C2. The van der Waals surface area contributed by atoms with E-state index in [1.165, 1.54) is 0 Å². The zero-order chi connectivity index (χ0) is 16.0. The van der Waals surface area contributed by atoms with E-state index in [9.17, 15) is 4.79 Å². The first-order valence-electron chi connectivity index (χ1n) is 7.93. The average molecular weight is 309 g/mol. The number of nitrogens with zero attached hydrogens (tertiary/aromatic N) is 4. The number of terminal acetylenes is 1. The number of likely N-dealkylation sites (tertiary alicyclic amines) is 1. The second kappa shape index (κ2) is 4.98. The van der Waals surface area contributed by atoms with E-state index in [4.69, 9.17) is 6.42 Å². The zero-order valence-corrected chi connectivity index (χ0v) is 13.1. The van der Waals surface area contributed by atoms with E-state index in [0.29, 0.717) is 5.92 Å². The van der Waals surface area contributed by atoms with E-state index >= 15 is 0 Å². The number of carbonyl (C=O) groups excluding carboxylic acids is 1. The van der Waals surface area contributed by atoms with Gasteiger partial charge in [-0.15, -0.1) is 6.42 Å². The molecule has 1 amide bonds. The van der Waals surface area contributed by atoms with Crippen LogP contribution in [0.3, 0.4) is 0 Å². The summed E-state index contributed by atoms with van der Waals surface area (Å²) in [4.78, 5) is 28.4. The van der Waals surface area contributed by atoms with Crippen molar-refractivity contribution < 1.29 is 4.79 Å². The van der Waals surface area contributed by atoms with Crippen molar-refractivity contribution in [1.29, 1.82) is 0 Å². The topological polar surface area (TPSA) is 65.1 Å². The molecule has 1 spiro atoms. The summed E-state index contributed by atoms with van der Waals surface area (Å²) in [5, 5.41) is 1.03. The number of hydrogen-bond acceptors (Lipinski definition) is 4. The van der Waals surface area contributed by atoms with Crippen LogP contribution in [-0.4, -0.2) is 50.9 Å². The van der Waals surface area contributed by atoms with Crippen LogP contribution < -0.4 is 4.90 Å². The van der Waals surface area contributed by atoms with Crippen molar-refractivity contribution in [3.05, 3.63) is 18.6 Å². The maximum Gasteiger partial charge on any atom is 0.235 e. The minimum atomic E-state index is -0.0957. The van der Waals surface area contributed by atoms with Gasteiger partial charge in [-0.2, -0.15) is 0 Å². The lowest BCUT2D eigenvalue weighted by Gasteiger charge is -2.56. The van der Waals surface area contributed by atoms with Gasteiger partial charge in [-0.05, 0) is 18.4 Å². The van der Waals surface area contributed by atoms with E-state index in [2.05, 4.69) is 32.7 Å². The second-order valence-corrected chi connectivity index (χ2v) is 6.50. The molecule has 2 aromatic heterocycles. The first-order valence-corrected chi connectivity index (χ1v) is 7.93. The van der Waals surface area contributed by atoms with Gasteiger partial charge in [-0.1, -0.05) is 12.8 Å². The molecule has 2 aliphatic heterocycles. The van der Waals surface area contributed by atoms with Gasteiger partial charge in [0.05, 0.1) is 17.3 Å². The van der Waals surface area contributed by atoms with Crippen molar-refractivity contribution >= 4 is 22.8 Å². The number of H-pyrrole nitrogens is 1. The maximum atomic E-state index is 12.3. The van der Waals surface area contributed by atoms with Gasteiger partial charge >= 0.3 is 0 Å². The predicted octanol–water partition coefficient (Wildman–Crippen LogP) is 1.41. The van der Waals surface area contributed by atoms with Crippen LogP contribution in [0.1, 0.15) is 19.8 Å². The van der Waals surface area contributed by atoms with E-state index < -0.39 is 0 Å². The molecule has 2 aromatic rings. The molecule has 0 saturated carbocycles. The second-order valence-electron chi connectivity index (χ2n) is 6.50. The highest BCUT2D eigenvalue weighted by molar-refractivity contribution is 5.87. The van der Waals surface area contributed by atoms with Crippen LogP contribution in [0.5, 0.6) is 0 Å². The lowest BCUT2D eigenvalue weighted by molar-refractivity contribution is -0.152. The molecule has 6 heteroatoms. The Kier molecular flexibility index (Phi) is 3.05. The fourth-order valence-corrected chi connectivity index (χ4v) is 4.04. The Morgan fingerprint density at radius 1 is 1.57 bits per heavy atom. The Morgan fingerprint density at radius 2 is 2.43 bits per heavy atom. The summed E-state index contributed by atoms with van der Waals surface area (Å²) in [7, 11) is 0. The molecular formula is C17H19N5O. The van der Waals surface area contributed by atoms with E-state index in [0.717, 1.165) is 42.9 Å². The normalized spacial score (nSPS) is 26.5. The first-order chi connectivity index (χ1) is 11.2. The van der Waals surface area contributed by atoms with Crippen LogP contribution in [0.2, 0.25) is 0 Å². The molecule has 0 aliphatic carbocycles. The summed E-state index contributed by atoms with van der Waals surface area (Å²) in [6.45, 7) is 4.72. The molecule has 0 aromatic carbocycles. The Labute approximate surface area is 134 Å². The van der Waals surface area contributed by atoms with Gasteiger partial charge in [0.25, 0.3) is 0 Å². The summed E-state index contributed by atoms with van der Waals surface area (Å²) >= 11 is 0. The Balaban J connectivity index is 1.62. The maximum absolute atomic E-state index is 12.3. The summed E-state index contributed by atoms with van der Waals surface area (Å²) < 4.78 is 0. The highest BCUT2D eigenvalue weighted by Gasteiger charge is 2.56. The molecule has 0 radical (unpaired) electrons. The molecule has 0 bridgehead atoms. The van der Waals surface area contributed by atoms with Crippen LogP contribution in [0.15, 0.2) is 18.6 Å². The fraction of sp³-hybridized carbons (Fsp3) is 0.471. The van der Waals surface area contributed by atoms with Crippen LogP contribution in [0, 0.1) is 18.3 Å². The highest BCUT2D eigenvalue weighted by atomic mass is 16.2. The van der Waals surface area contributed by atoms with Crippen molar-refractivity contribution in [2.45, 2.75) is 25.3 Å². The third-order valence-corrected chi connectivity index (χ3v) is 5.38. The Hall–Kier alpha value is -2.55. The van der Waals surface area contributed by atoms with Crippen molar-refractivity contribution in [1.82, 2.24) is 19.9 Å². The Morgan fingerprint density at radius 3 is 3.22 bits per heavy atom. The van der Waals surface area contributed by atoms with Gasteiger partial charge in [0, 0.05) is 25.8 Å². The largest absolute Gasteiger partial charge is 0.353 e. The van der Waals surface area contributed by atoms with Gasteiger partial charge in [0.1, 0.15) is 17.8 Å². The quantitative estimate of drug-likeness (QED) is 0.852. The summed E-state index contributed by atoms with van der Waals surface area (Å²) in [5.41, 5.74) is 0.750. The molecule has 1 N–H and O–H groups in total. The van der Waals surface area contributed by atoms with E-state index in [1.807, 2.05) is 17.2 Å². The number of amides is 1. The summed E-state index contributed by atoms with van der Waals surface area (Å²) in [6.07, 6.45) is 9.92. The van der Waals surface area contributed by atoms with Gasteiger partial charge in [0.2, 0.25) is 5.91 Å². The van der Waals surface area contributed by atoms with Gasteiger partial charge in [-0.25, -0.2) is 9.97 Å². The average Bonchev–Trinajstić information content (AvgIpc) is 3.20. The number of hydrogen-bond donors (Lipinski definition) is 1.